The van der Waals surface area contributed by atoms with Gasteiger partial charge in [-0.05, 0) is 25.8 Å². The predicted molar refractivity (Wildman–Crippen MR) is 69.2 cm³/mol. The molecule has 5 nitrogen and oxygen atoms in total. The molecule has 1 aromatic rings. The van der Waals surface area contributed by atoms with E-state index in [1.54, 1.807) is 13.0 Å². The van der Waals surface area contributed by atoms with E-state index in [9.17, 15) is 9.59 Å². The molecule has 1 amide bonds. The van der Waals surface area contributed by atoms with Crippen molar-refractivity contribution in [2.75, 3.05) is 6.54 Å². The summed E-state index contributed by atoms with van der Waals surface area (Å²) in [5, 5.41) is 11.7. The van der Waals surface area contributed by atoms with Crippen molar-refractivity contribution in [1.29, 1.82) is 0 Å². The molecule has 2 N–H and O–H groups in total. The second-order valence-corrected chi connectivity index (χ2v) is 5.54. The van der Waals surface area contributed by atoms with Crippen molar-refractivity contribution in [3.05, 3.63) is 23.2 Å². The average molecular weight is 265 g/mol. The highest BCUT2D eigenvalue weighted by molar-refractivity contribution is 5.95. The molecule has 1 aromatic heterocycles. The number of carboxylic acid groups (broad SMARTS) is 1. The van der Waals surface area contributed by atoms with Gasteiger partial charge in [0.1, 0.15) is 11.5 Å². The van der Waals surface area contributed by atoms with Gasteiger partial charge in [0.05, 0.1) is 11.0 Å². The van der Waals surface area contributed by atoms with Crippen LogP contribution < -0.4 is 5.32 Å². The van der Waals surface area contributed by atoms with Crippen molar-refractivity contribution in [3.63, 3.8) is 0 Å². The molecule has 1 saturated carbocycles. The minimum atomic E-state index is -0.834. The first-order valence-electron chi connectivity index (χ1n) is 6.48. The molecule has 0 aliphatic heterocycles. The van der Waals surface area contributed by atoms with E-state index in [2.05, 4.69) is 5.32 Å². The number of aliphatic carboxylic acids is 1. The molecule has 0 bridgehead atoms. The van der Waals surface area contributed by atoms with Crippen LogP contribution in [0.2, 0.25) is 0 Å². The van der Waals surface area contributed by atoms with Gasteiger partial charge in [-0.15, -0.1) is 0 Å². The van der Waals surface area contributed by atoms with Crippen LogP contribution in [-0.2, 0) is 4.79 Å². The molecule has 2 rings (SSSR count). The normalized spacial score (nSPS) is 16.4. The third-order valence-corrected chi connectivity index (χ3v) is 3.65. The fourth-order valence-electron chi connectivity index (χ4n) is 1.98. The topological polar surface area (TPSA) is 79.5 Å². The molecular formula is C14H19NO4. The fraction of sp³-hybridized carbons (Fsp3) is 0.571. The third-order valence-electron chi connectivity index (χ3n) is 3.65. The minimum absolute atomic E-state index is 0.183. The largest absolute Gasteiger partial charge is 0.481 e. The molecule has 1 aliphatic carbocycles. The van der Waals surface area contributed by atoms with Crippen LogP contribution in [0.25, 0.3) is 0 Å². The number of aryl methyl sites for hydroxylation is 1. The summed E-state index contributed by atoms with van der Waals surface area (Å²) in [7, 11) is 0. The lowest BCUT2D eigenvalue weighted by molar-refractivity contribution is -0.143. The van der Waals surface area contributed by atoms with Crippen LogP contribution in [-0.4, -0.2) is 23.5 Å². The lowest BCUT2D eigenvalue weighted by Gasteiger charge is -2.10. The predicted octanol–water partition coefficient (Wildman–Crippen LogP) is 2.31. The van der Waals surface area contributed by atoms with E-state index < -0.39 is 11.4 Å². The van der Waals surface area contributed by atoms with E-state index in [0.29, 0.717) is 24.2 Å². The van der Waals surface area contributed by atoms with Crippen LogP contribution in [0.1, 0.15) is 54.5 Å². The second-order valence-electron chi connectivity index (χ2n) is 5.54. The molecule has 104 valence electrons. The van der Waals surface area contributed by atoms with Crippen LogP contribution >= 0.6 is 0 Å². The van der Waals surface area contributed by atoms with E-state index >= 15 is 0 Å². The van der Waals surface area contributed by atoms with Gasteiger partial charge in [-0.2, -0.15) is 0 Å². The summed E-state index contributed by atoms with van der Waals surface area (Å²) in [6.45, 7) is 5.90. The number of carbonyl (C=O) groups excluding carboxylic acids is 1. The molecule has 0 spiro atoms. The summed E-state index contributed by atoms with van der Waals surface area (Å²) in [6.07, 6.45) is 1.26. The lowest BCUT2D eigenvalue weighted by Crippen LogP contribution is -2.34. The molecule has 1 fully saturated rings. The Morgan fingerprint density at radius 1 is 1.47 bits per heavy atom. The van der Waals surface area contributed by atoms with Crippen molar-refractivity contribution in [2.45, 2.75) is 39.5 Å². The van der Waals surface area contributed by atoms with Crippen LogP contribution in [0.3, 0.4) is 0 Å². The van der Waals surface area contributed by atoms with Crippen molar-refractivity contribution in [3.8, 4) is 0 Å². The Morgan fingerprint density at radius 2 is 2.11 bits per heavy atom. The van der Waals surface area contributed by atoms with Gasteiger partial charge >= 0.3 is 5.97 Å². The Bertz CT molecular complexity index is 512. The quantitative estimate of drug-likeness (QED) is 0.856. The van der Waals surface area contributed by atoms with Crippen LogP contribution in [0.4, 0.5) is 0 Å². The first-order valence-corrected chi connectivity index (χ1v) is 6.48. The van der Waals surface area contributed by atoms with Gasteiger partial charge in [0.15, 0.2) is 0 Å². The van der Waals surface area contributed by atoms with Crippen LogP contribution in [0, 0.1) is 12.3 Å². The number of hydrogen-bond donors (Lipinski definition) is 2. The van der Waals surface area contributed by atoms with E-state index in [0.717, 1.165) is 5.76 Å². The van der Waals surface area contributed by atoms with Gasteiger partial charge in [0.2, 0.25) is 0 Å². The summed E-state index contributed by atoms with van der Waals surface area (Å²) >= 11 is 0. The smallest absolute Gasteiger partial charge is 0.311 e. The average Bonchev–Trinajstić information content (AvgIpc) is 3.03. The van der Waals surface area contributed by atoms with Crippen LogP contribution in [0.15, 0.2) is 10.5 Å². The number of hydrogen-bond acceptors (Lipinski definition) is 3. The molecular weight excluding hydrogens is 246 g/mol. The van der Waals surface area contributed by atoms with E-state index in [1.165, 1.54) is 0 Å². The van der Waals surface area contributed by atoms with Gasteiger partial charge in [-0.1, -0.05) is 13.8 Å². The highest BCUT2D eigenvalue weighted by Crippen LogP contribution is 2.45. The summed E-state index contributed by atoms with van der Waals surface area (Å²) in [4.78, 5) is 23.1. The van der Waals surface area contributed by atoms with Crippen molar-refractivity contribution < 1.29 is 19.1 Å². The number of nitrogens with one attached hydrogen (secondary N) is 1. The SMILES string of the molecule is Cc1oc(C(C)C)cc1C(=O)NCC1(C(=O)O)CC1. The summed E-state index contributed by atoms with van der Waals surface area (Å²) in [5.74, 6) is 0.456. The highest BCUT2D eigenvalue weighted by atomic mass is 16.4. The van der Waals surface area contributed by atoms with Gasteiger partial charge in [0.25, 0.3) is 5.91 Å². The minimum Gasteiger partial charge on any atom is -0.481 e. The second kappa shape index (κ2) is 4.72. The van der Waals surface area contributed by atoms with E-state index in [1.807, 2.05) is 13.8 Å². The Morgan fingerprint density at radius 3 is 2.53 bits per heavy atom. The van der Waals surface area contributed by atoms with Gasteiger partial charge < -0.3 is 14.8 Å². The molecule has 19 heavy (non-hydrogen) atoms. The maximum Gasteiger partial charge on any atom is 0.311 e. The Balaban J connectivity index is 2.02. The zero-order valence-electron chi connectivity index (χ0n) is 11.4. The first kappa shape index (κ1) is 13.6. The number of carbonyl (C=O) groups is 2. The lowest BCUT2D eigenvalue weighted by atomic mass is 10.1. The molecule has 0 unspecified atom stereocenters. The number of furan rings is 1. The van der Waals surface area contributed by atoms with Crippen LogP contribution in [0.5, 0.6) is 0 Å². The number of rotatable bonds is 5. The number of carboxylic acids is 1. The molecule has 0 radical (unpaired) electrons. The molecule has 0 aromatic carbocycles. The first-order chi connectivity index (χ1) is 8.85. The standard InChI is InChI=1S/C14H19NO4/c1-8(2)11-6-10(9(3)19-11)12(16)15-7-14(4-5-14)13(17)18/h6,8H,4-5,7H2,1-3H3,(H,15,16)(H,17,18). The van der Waals surface area contributed by atoms with Gasteiger partial charge in [0, 0.05) is 12.5 Å². The van der Waals surface area contributed by atoms with E-state index in [-0.39, 0.29) is 18.4 Å². The maximum absolute atomic E-state index is 12.0. The summed E-state index contributed by atoms with van der Waals surface area (Å²) in [5.41, 5.74) is -0.251. The zero-order valence-corrected chi connectivity index (χ0v) is 11.4. The molecule has 0 atom stereocenters. The fourth-order valence-corrected chi connectivity index (χ4v) is 1.98. The van der Waals surface area contributed by atoms with Crippen molar-refractivity contribution >= 4 is 11.9 Å². The van der Waals surface area contributed by atoms with Gasteiger partial charge in [-0.3, -0.25) is 9.59 Å². The third kappa shape index (κ3) is 2.64. The highest BCUT2D eigenvalue weighted by Gasteiger charge is 2.50. The van der Waals surface area contributed by atoms with Crippen molar-refractivity contribution in [1.82, 2.24) is 5.32 Å². The van der Waals surface area contributed by atoms with Crippen molar-refractivity contribution in [2.24, 2.45) is 5.41 Å². The molecule has 1 heterocycles. The number of amides is 1. The molecule has 0 saturated heterocycles. The molecule has 5 heteroatoms. The Kier molecular flexibility index (Phi) is 3.39. The van der Waals surface area contributed by atoms with Gasteiger partial charge in [-0.25, -0.2) is 0 Å². The summed E-state index contributed by atoms with van der Waals surface area (Å²) < 4.78 is 5.52. The zero-order chi connectivity index (χ0) is 14.2. The Labute approximate surface area is 112 Å². The molecule has 1 aliphatic rings. The van der Waals surface area contributed by atoms with E-state index in [4.69, 9.17) is 9.52 Å². The monoisotopic (exact) mass is 265 g/mol. The summed E-state index contributed by atoms with van der Waals surface area (Å²) in [6, 6.07) is 1.73. The maximum atomic E-state index is 12.0. The Hall–Kier alpha value is -1.78.